The summed E-state index contributed by atoms with van der Waals surface area (Å²) in [5.41, 5.74) is 1.57. The van der Waals surface area contributed by atoms with Gasteiger partial charge in [-0.2, -0.15) is 33.2 Å². The molecule has 1 unspecified atom stereocenters. The monoisotopic (exact) mass is 822 g/mol. The first-order valence-corrected chi connectivity index (χ1v) is 13.3. The second-order valence-electron chi connectivity index (χ2n) is 7.57. The minimum atomic E-state index is -3.00. The number of hydrogen-bond acceptors (Lipinski definition) is 9. The average Bonchev–Trinajstić information content (AvgIpc) is 2.96. The van der Waals surface area contributed by atoms with E-state index in [9.17, 15) is 31.6 Å². The van der Waals surface area contributed by atoms with Crippen LogP contribution in [0, 0.1) is 34.3 Å². The van der Waals surface area contributed by atoms with E-state index in [1.807, 2.05) is 12.1 Å². The SMILES string of the molecule is C.FC(F)Oc1ccc(Cl)nn1.N#CC(c1ccc(F)c(Br)c1)c1ccc(OC(F)F)nn1.N#CCc1ccc(F)c(Br)c1.[K+].[OH-]. The van der Waals surface area contributed by atoms with Gasteiger partial charge in [-0.1, -0.05) is 31.2 Å². The van der Waals surface area contributed by atoms with Crippen molar-refractivity contribution < 1.29 is 92.7 Å². The molecule has 2 aromatic carbocycles. The quantitative estimate of drug-likeness (QED) is 0.175. The number of alkyl halides is 4. The normalized spacial score (nSPS) is 10.1. The zero-order valence-corrected chi connectivity index (χ0v) is 29.6. The van der Waals surface area contributed by atoms with Crippen LogP contribution in [-0.2, 0) is 6.42 Å². The molecule has 1 N–H and O–H groups in total. The van der Waals surface area contributed by atoms with Crippen LogP contribution in [0.5, 0.6) is 11.8 Å². The summed E-state index contributed by atoms with van der Waals surface area (Å²) in [6.45, 7) is -5.88. The van der Waals surface area contributed by atoms with Gasteiger partial charge >= 0.3 is 64.6 Å². The van der Waals surface area contributed by atoms with Crippen LogP contribution in [0.15, 0.2) is 69.6 Å². The molecule has 2 aromatic heterocycles. The Bertz CT molecular complexity index is 1570. The fraction of sp³-hybridized carbons (Fsp3) is 0.185. The number of halogens is 9. The van der Waals surface area contributed by atoms with Crippen LogP contribution in [0.1, 0.15) is 30.2 Å². The molecular weight excluding hydrogens is 805 g/mol. The maximum Gasteiger partial charge on any atom is 1.00 e. The molecule has 0 aliphatic carbocycles. The van der Waals surface area contributed by atoms with E-state index in [2.05, 4.69) is 61.7 Å². The van der Waals surface area contributed by atoms with Gasteiger partial charge in [0.2, 0.25) is 11.8 Å². The van der Waals surface area contributed by atoms with Crippen molar-refractivity contribution in [3.05, 3.63) is 103 Å². The molecule has 0 saturated heterocycles. The number of ether oxygens (including phenoxy) is 2. The fourth-order valence-corrected chi connectivity index (χ4v) is 3.76. The number of nitrogens with zero attached hydrogens (tertiary/aromatic N) is 6. The summed E-state index contributed by atoms with van der Waals surface area (Å²) >= 11 is 11.4. The van der Waals surface area contributed by atoms with Gasteiger partial charge in [0.25, 0.3) is 0 Å². The van der Waals surface area contributed by atoms with E-state index in [-0.39, 0.29) is 97.2 Å². The number of rotatable bonds is 7. The molecule has 0 saturated carbocycles. The minimum absolute atomic E-state index is 0. The van der Waals surface area contributed by atoms with Crippen molar-refractivity contribution in [1.82, 2.24) is 20.4 Å². The Balaban J connectivity index is 0. The zero-order chi connectivity index (χ0) is 31.9. The van der Waals surface area contributed by atoms with E-state index in [0.717, 1.165) is 5.56 Å². The van der Waals surface area contributed by atoms with E-state index >= 15 is 0 Å². The molecule has 0 amide bonds. The van der Waals surface area contributed by atoms with Gasteiger partial charge in [-0.25, -0.2) is 8.78 Å². The van der Waals surface area contributed by atoms with Gasteiger partial charge in [-0.15, -0.1) is 15.3 Å². The van der Waals surface area contributed by atoms with E-state index in [1.54, 1.807) is 12.1 Å². The van der Waals surface area contributed by atoms with Crippen molar-refractivity contribution in [1.29, 1.82) is 10.5 Å². The van der Waals surface area contributed by atoms with Crippen LogP contribution in [-0.4, -0.2) is 39.1 Å². The molecule has 4 rings (SSSR count). The third-order valence-corrected chi connectivity index (χ3v) is 6.07. The first kappa shape index (κ1) is 45.7. The summed E-state index contributed by atoms with van der Waals surface area (Å²) in [6, 6.07) is 17.7. The zero-order valence-electron chi connectivity index (χ0n) is 22.6. The molecular formula is C27H20Br2ClF6KN6O3. The van der Waals surface area contributed by atoms with E-state index in [4.69, 9.17) is 16.9 Å². The summed E-state index contributed by atoms with van der Waals surface area (Å²) in [4.78, 5) is 0. The Morgan fingerprint density at radius 2 is 1.28 bits per heavy atom. The molecule has 0 bridgehead atoms. The van der Waals surface area contributed by atoms with Crippen molar-refractivity contribution in [3.8, 4) is 23.9 Å². The molecule has 4 aromatic rings. The largest absolute Gasteiger partial charge is 1.00 e. The van der Waals surface area contributed by atoms with Gasteiger partial charge in [-0.05, 0) is 79.4 Å². The number of aromatic nitrogens is 4. The molecule has 240 valence electrons. The molecule has 1 atom stereocenters. The Morgan fingerprint density at radius 3 is 1.70 bits per heavy atom. The van der Waals surface area contributed by atoms with Crippen molar-refractivity contribution in [2.24, 2.45) is 0 Å². The molecule has 0 radical (unpaired) electrons. The molecule has 0 fully saturated rings. The molecule has 0 aliphatic rings. The predicted molar refractivity (Wildman–Crippen MR) is 156 cm³/mol. The predicted octanol–water partition coefficient (Wildman–Crippen LogP) is 5.48. The Hall–Kier alpha value is -2.39. The second-order valence-corrected chi connectivity index (χ2v) is 9.66. The standard InChI is InChI=1S/C13H7BrF3N3O.C8H5BrFN.C5H3ClF2N2O.CH4.K.H2O/c14-9-5-7(1-2-10(9)15)8(6-18)11-3-4-12(20-19-11)21-13(16)17;9-7-5-6(3-4-11)1-2-8(7)10;6-3-1-2-4(10-9-3)11-5(7)8;;;/h1-5,8,13H;1-2,5H,3H2;1-2,5H;1H4;;1H2/q;;;;+1;/p-1. The number of nitriles is 2. The maximum absolute atomic E-state index is 13.2. The Kier molecular flexibility index (Phi) is 23.7. The molecule has 9 nitrogen and oxygen atoms in total. The summed E-state index contributed by atoms with van der Waals surface area (Å²) < 4.78 is 81.4. The maximum atomic E-state index is 13.2. The smallest absolute Gasteiger partial charge is 0.870 e. The van der Waals surface area contributed by atoms with E-state index in [1.165, 1.54) is 48.5 Å². The third kappa shape index (κ3) is 16.4. The summed E-state index contributed by atoms with van der Waals surface area (Å²) in [5, 5.41) is 31.4. The molecule has 19 heteroatoms. The van der Waals surface area contributed by atoms with Crippen LogP contribution in [0.2, 0.25) is 5.15 Å². The fourth-order valence-electron chi connectivity index (χ4n) is 2.84. The summed E-state index contributed by atoms with van der Waals surface area (Å²) in [5.74, 6) is -2.14. The van der Waals surface area contributed by atoms with Crippen molar-refractivity contribution in [2.45, 2.75) is 33.0 Å². The number of hydrogen-bond donors (Lipinski definition) is 0. The van der Waals surface area contributed by atoms with E-state index < -0.39 is 25.0 Å². The topological polar surface area (TPSA) is 148 Å². The Labute approximate surface area is 323 Å². The molecule has 0 aliphatic heterocycles. The first-order chi connectivity index (χ1) is 20.4. The molecule has 0 spiro atoms. The van der Waals surface area contributed by atoms with Crippen LogP contribution in [0.3, 0.4) is 0 Å². The van der Waals surface area contributed by atoms with Gasteiger partial charge in [0.1, 0.15) is 17.6 Å². The first-order valence-electron chi connectivity index (χ1n) is 11.3. The van der Waals surface area contributed by atoms with Gasteiger partial charge in [0.15, 0.2) is 5.15 Å². The Morgan fingerprint density at radius 1 is 0.761 bits per heavy atom. The number of benzene rings is 2. The van der Waals surface area contributed by atoms with Crippen molar-refractivity contribution in [3.63, 3.8) is 0 Å². The summed E-state index contributed by atoms with van der Waals surface area (Å²) in [6.07, 6.45) is 0.318. The molecule has 2 heterocycles. The van der Waals surface area contributed by atoms with Gasteiger partial charge in [0.05, 0.1) is 33.2 Å². The van der Waals surface area contributed by atoms with Crippen LogP contribution in [0.4, 0.5) is 26.3 Å². The van der Waals surface area contributed by atoms with Crippen molar-refractivity contribution in [2.75, 3.05) is 0 Å². The molecule has 46 heavy (non-hydrogen) atoms. The van der Waals surface area contributed by atoms with Crippen molar-refractivity contribution >= 4 is 43.5 Å². The van der Waals surface area contributed by atoms with Gasteiger partial charge in [-0.3, -0.25) is 0 Å². The summed E-state index contributed by atoms with van der Waals surface area (Å²) in [7, 11) is 0. The van der Waals surface area contributed by atoms with E-state index in [0.29, 0.717) is 16.5 Å². The average molecular weight is 825 g/mol. The third-order valence-electron chi connectivity index (χ3n) is 4.66. The van der Waals surface area contributed by atoms with Gasteiger partial charge in [0, 0.05) is 12.1 Å². The van der Waals surface area contributed by atoms with Crippen LogP contribution >= 0.6 is 43.5 Å². The second kappa shape index (κ2) is 23.9. The van der Waals surface area contributed by atoms with Crippen LogP contribution < -0.4 is 60.9 Å². The minimum Gasteiger partial charge on any atom is -0.870 e. The van der Waals surface area contributed by atoms with Crippen LogP contribution in [0.25, 0.3) is 0 Å². The van der Waals surface area contributed by atoms with Gasteiger partial charge < -0.3 is 14.9 Å².